The standard InChI is InChI=1S/CH3BrO2/c1-3-4-2/h1H3. The van der Waals surface area contributed by atoms with Crippen molar-refractivity contribution in [1.29, 1.82) is 0 Å². The van der Waals surface area contributed by atoms with Gasteiger partial charge in [0, 0.05) is 0 Å². The summed E-state index contributed by atoms with van der Waals surface area (Å²) in [6.07, 6.45) is 0. The fourth-order valence-electron chi connectivity index (χ4n) is 0. The van der Waals surface area contributed by atoms with Crippen LogP contribution in [0, 0.1) is 0 Å². The average Bonchev–Trinajstić information content (AvgIpc) is 1.37. The van der Waals surface area contributed by atoms with Crippen LogP contribution < -0.4 is 0 Å². The highest BCUT2D eigenvalue weighted by atomic mass is 79.9. The lowest BCUT2D eigenvalue weighted by Crippen LogP contribution is -1.63. The monoisotopic (exact) mass is 126 g/mol. The van der Waals surface area contributed by atoms with Crippen LogP contribution in [0.5, 0.6) is 0 Å². The van der Waals surface area contributed by atoms with Crippen LogP contribution in [0.3, 0.4) is 0 Å². The maximum Gasteiger partial charge on any atom is 0.142 e. The van der Waals surface area contributed by atoms with Gasteiger partial charge in [-0.2, -0.15) is 3.98 Å². The van der Waals surface area contributed by atoms with Gasteiger partial charge >= 0.3 is 0 Å². The molecule has 2 nitrogen and oxygen atoms in total. The maximum atomic E-state index is 3.96. The molecule has 0 unspecified atom stereocenters. The molecule has 0 saturated heterocycles. The lowest BCUT2D eigenvalue weighted by molar-refractivity contribution is -0.149. The Kier molecular flexibility index (Phi) is 3.74. The highest BCUT2D eigenvalue weighted by molar-refractivity contribution is 9.05. The zero-order valence-corrected chi connectivity index (χ0v) is 3.78. The lowest BCUT2D eigenvalue weighted by Gasteiger charge is -1.74. The second-order valence-electron chi connectivity index (χ2n) is 0.230. The van der Waals surface area contributed by atoms with Crippen LogP contribution in [0.15, 0.2) is 0 Å². The molecule has 0 N–H and O–H groups in total. The second-order valence-corrected chi connectivity index (χ2v) is 0.494. The molecule has 0 aliphatic rings. The normalized spacial score (nSPS) is 7.50. The zero-order valence-electron chi connectivity index (χ0n) is 2.19. The van der Waals surface area contributed by atoms with E-state index in [4.69, 9.17) is 0 Å². The Morgan fingerprint density at radius 2 is 2.00 bits per heavy atom. The summed E-state index contributed by atoms with van der Waals surface area (Å²) in [5.74, 6) is 0. The Hall–Kier alpha value is 0.400. The van der Waals surface area contributed by atoms with E-state index >= 15 is 0 Å². The van der Waals surface area contributed by atoms with E-state index in [0.717, 1.165) is 0 Å². The van der Waals surface area contributed by atoms with Crippen LogP contribution in [0.4, 0.5) is 0 Å². The molecule has 0 aromatic heterocycles. The Morgan fingerprint density at radius 3 is 2.00 bits per heavy atom. The Balaban J connectivity index is 1.97. The summed E-state index contributed by atoms with van der Waals surface area (Å²) in [5.41, 5.74) is 0. The molecule has 3 heteroatoms. The van der Waals surface area contributed by atoms with Crippen LogP contribution >= 0.6 is 16.3 Å². The van der Waals surface area contributed by atoms with Crippen molar-refractivity contribution >= 4 is 16.3 Å². The molecular weight excluding hydrogens is 124 g/mol. The van der Waals surface area contributed by atoms with Gasteiger partial charge in [-0.05, 0) is 0 Å². The number of hydrogen-bond acceptors (Lipinski definition) is 2. The van der Waals surface area contributed by atoms with Gasteiger partial charge in [-0.25, -0.2) is 4.89 Å². The van der Waals surface area contributed by atoms with Crippen molar-refractivity contribution in [3.05, 3.63) is 0 Å². The van der Waals surface area contributed by atoms with E-state index in [1.807, 2.05) is 0 Å². The molecule has 4 heavy (non-hydrogen) atoms. The van der Waals surface area contributed by atoms with Gasteiger partial charge in [0.15, 0.2) is 0 Å². The predicted molar refractivity (Wildman–Crippen MR) is 17.0 cm³/mol. The second kappa shape index (κ2) is 3.40. The molecule has 0 heterocycles. The van der Waals surface area contributed by atoms with E-state index in [1.54, 1.807) is 0 Å². The van der Waals surface area contributed by atoms with Crippen molar-refractivity contribution < 1.29 is 8.87 Å². The first kappa shape index (κ1) is 4.40. The molecular formula is CH3BrO2. The maximum absolute atomic E-state index is 3.96. The molecule has 0 aromatic rings. The summed E-state index contributed by atoms with van der Waals surface area (Å²) in [7, 11) is 1.41. The van der Waals surface area contributed by atoms with Crippen LogP contribution in [0.1, 0.15) is 0 Å². The number of halogens is 1. The zero-order chi connectivity index (χ0) is 3.41. The molecule has 0 spiro atoms. The molecule has 0 fully saturated rings. The SMILES string of the molecule is COOBr. The van der Waals surface area contributed by atoms with E-state index < -0.39 is 0 Å². The van der Waals surface area contributed by atoms with Gasteiger partial charge in [0.1, 0.15) is 16.3 Å². The quantitative estimate of drug-likeness (QED) is 0.384. The molecule has 0 radical (unpaired) electrons. The van der Waals surface area contributed by atoms with E-state index in [0.29, 0.717) is 0 Å². The first-order valence-corrected chi connectivity index (χ1v) is 1.38. The van der Waals surface area contributed by atoms with Crippen LogP contribution in [-0.4, -0.2) is 7.11 Å². The number of hydrogen-bond donors (Lipinski definition) is 0. The van der Waals surface area contributed by atoms with Gasteiger partial charge < -0.3 is 0 Å². The van der Waals surface area contributed by atoms with E-state index in [-0.39, 0.29) is 0 Å². The van der Waals surface area contributed by atoms with Crippen molar-refractivity contribution in [2.24, 2.45) is 0 Å². The predicted octanol–water partition coefficient (Wildman–Crippen LogP) is 0.874. The van der Waals surface area contributed by atoms with Crippen molar-refractivity contribution in [1.82, 2.24) is 0 Å². The first-order valence-electron chi connectivity index (χ1n) is 0.729. The third kappa shape index (κ3) is 2.40. The fourth-order valence-corrected chi connectivity index (χ4v) is 0. The molecule has 0 amide bonds. The van der Waals surface area contributed by atoms with Gasteiger partial charge in [-0.15, -0.1) is 0 Å². The minimum atomic E-state index is 1.41. The van der Waals surface area contributed by atoms with E-state index in [2.05, 4.69) is 25.1 Å². The highest BCUT2D eigenvalue weighted by Crippen LogP contribution is 1.77. The van der Waals surface area contributed by atoms with E-state index in [9.17, 15) is 0 Å². The van der Waals surface area contributed by atoms with Crippen LogP contribution in [0.25, 0.3) is 0 Å². The van der Waals surface area contributed by atoms with Crippen molar-refractivity contribution in [3.8, 4) is 0 Å². The summed E-state index contributed by atoms with van der Waals surface area (Å²) in [6, 6.07) is 0. The van der Waals surface area contributed by atoms with Gasteiger partial charge in [0.05, 0.1) is 7.11 Å². The van der Waals surface area contributed by atoms with Crippen molar-refractivity contribution in [2.45, 2.75) is 0 Å². The minimum absolute atomic E-state index is 1.41. The fraction of sp³-hybridized carbons (Fsp3) is 1.00. The lowest BCUT2D eigenvalue weighted by atomic mass is 11.8. The Morgan fingerprint density at radius 1 is 1.75 bits per heavy atom. The molecule has 26 valence electrons. The Labute approximate surface area is 33.1 Å². The van der Waals surface area contributed by atoms with Crippen LogP contribution in [-0.2, 0) is 8.87 Å². The topological polar surface area (TPSA) is 18.5 Å². The molecule has 0 aliphatic carbocycles. The minimum Gasteiger partial charge on any atom is -0.228 e. The molecule has 0 bridgehead atoms. The third-order valence-electron chi connectivity index (χ3n) is 0.0630. The van der Waals surface area contributed by atoms with E-state index in [1.165, 1.54) is 7.11 Å². The molecule has 0 aromatic carbocycles. The summed E-state index contributed by atoms with van der Waals surface area (Å²) in [6.45, 7) is 0. The molecule has 0 saturated carbocycles. The molecule has 0 aliphatic heterocycles. The smallest absolute Gasteiger partial charge is 0.142 e. The average molecular weight is 127 g/mol. The van der Waals surface area contributed by atoms with Gasteiger partial charge in [0.2, 0.25) is 0 Å². The molecule has 0 atom stereocenters. The summed E-state index contributed by atoms with van der Waals surface area (Å²) < 4.78 is 3.85. The largest absolute Gasteiger partial charge is 0.228 e. The van der Waals surface area contributed by atoms with Crippen molar-refractivity contribution in [2.75, 3.05) is 7.11 Å². The van der Waals surface area contributed by atoms with Gasteiger partial charge in [0.25, 0.3) is 0 Å². The summed E-state index contributed by atoms with van der Waals surface area (Å²) in [4.78, 5) is 3.96. The van der Waals surface area contributed by atoms with Crippen LogP contribution in [0.2, 0.25) is 0 Å². The molecule has 0 rings (SSSR count). The van der Waals surface area contributed by atoms with Gasteiger partial charge in [-0.1, -0.05) is 0 Å². The highest BCUT2D eigenvalue weighted by Gasteiger charge is 1.52. The summed E-state index contributed by atoms with van der Waals surface area (Å²) >= 11 is 2.53. The first-order chi connectivity index (χ1) is 1.91. The van der Waals surface area contributed by atoms with Gasteiger partial charge in [-0.3, -0.25) is 0 Å². The Bertz CT molecular complexity index is 8.00. The third-order valence-corrected chi connectivity index (χ3v) is 0.327. The summed E-state index contributed by atoms with van der Waals surface area (Å²) in [5, 5.41) is 0. The number of rotatable bonds is 1. The van der Waals surface area contributed by atoms with Crippen molar-refractivity contribution in [3.63, 3.8) is 0 Å².